The zero-order valence-corrected chi connectivity index (χ0v) is 21.9. The number of aliphatic hydroxyl groups excluding tert-OH is 1. The van der Waals surface area contributed by atoms with E-state index in [1.165, 1.54) is 36.1 Å². The molecule has 0 aliphatic heterocycles. The molecular formula is C27H37FN8O. The van der Waals surface area contributed by atoms with Crippen LogP contribution in [0.1, 0.15) is 45.2 Å². The molecule has 37 heavy (non-hydrogen) atoms. The summed E-state index contributed by atoms with van der Waals surface area (Å²) in [6.07, 6.45) is 9.12. The van der Waals surface area contributed by atoms with Gasteiger partial charge in [0.05, 0.1) is 36.6 Å². The van der Waals surface area contributed by atoms with Gasteiger partial charge in [-0.15, -0.1) is 0 Å². The Morgan fingerprint density at radius 2 is 1.86 bits per heavy atom. The molecule has 0 unspecified atom stereocenters. The highest BCUT2D eigenvalue weighted by molar-refractivity contribution is 5.78. The number of hydrogen-bond donors (Lipinski definition) is 3. The highest BCUT2D eigenvalue weighted by Crippen LogP contribution is 2.23. The lowest BCUT2D eigenvalue weighted by atomic mass is 10.2. The Hall–Kier alpha value is -3.79. The van der Waals surface area contributed by atoms with Crippen molar-refractivity contribution in [3.8, 4) is 0 Å². The second-order valence-corrected chi connectivity index (χ2v) is 8.72. The van der Waals surface area contributed by atoms with Crippen molar-refractivity contribution >= 4 is 35.0 Å². The number of aromatic nitrogens is 3. The van der Waals surface area contributed by atoms with E-state index in [0.717, 1.165) is 37.1 Å². The molecule has 1 aromatic carbocycles. The molecule has 0 saturated heterocycles. The first-order chi connectivity index (χ1) is 18.0. The van der Waals surface area contributed by atoms with Gasteiger partial charge in [0.15, 0.2) is 11.6 Å². The van der Waals surface area contributed by atoms with Crippen LogP contribution in [-0.4, -0.2) is 59.6 Å². The van der Waals surface area contributed by atoms with E-state index in [4.69, 9.17) is 5.11 Å². The van der Waals surface area contributed by atoms with E-state index in [0.29, 0.717) is 5.69 Å². The van der Waals surface area contributed by atoms with Crippen LogP contribution in [0, 0.1) is 5.82 Å². The summed E-state index contributed by atoms with van der Waals surface area (Å²) in [7, 11) is 1.64. The summed E-state index contributed by atoms with van der Waals surface area (Å²) in [6.45, 7) is 6.69. The Labute approximate surface area is 218 Å². The van der Waals surface area contributed by atoms with E-state index in [-0.39, 0.29) is 24.9 Å². The molecule has 2 aromatic heterocycles. The number of halogens is 1. The van der Waals surface area contributed by atoms with Gasteiger partial charge in [0.1, 0.15) is 0 Å². The maximum atomic E-state index is 14.0. The molecule has 0 atom stereocenters. The molecular weight excluding hydrogens is 471 g/mol. The molecule has 0 saturated carbocycles. The van der Waals surface area contributed by atoms with Crippen molar-refractivity contribution in [3.05, 3.63) is 60.3 Å². The zero-order chi connectivity index (χ0) is 26.5. The van der Waals surface area contributed by atoms with Crippen LogP contribution < -0.4 is 20.5 Å². The summed E-state index contributed by atoms with van der Waals surface area (Å²) in [5, 5.41) is 16.6. The van der Waals surface area contributed by atoms with Crippen LogP contribution in [0.25, 0.3) is 0 Å². The predicted molar refractivity (Wildman–Crippen MR) is 150 cm³/mol. The first kappa shape index (κ1) is 27.8. The molecule has 0 spiro atoms. The second-order valence-electron chi connectivity index (χ2n) is 8.72. The average molecular weight is 509 g/mol. The van der Waals surface area contributed by atoms with Crippen molar-refractivity contribution in [3.63, 3.8) is 0 Å². The summed E-state index contributed by atoms with van der Waals surface area (Å²) in [5.74, 6) is -0.351. The number of hydrogen-bond acceptors (Lipinski definition) is 9. The normalized spacial score (nSPS) is 11.1. The number of anilines is 5. The smallest absolute Gasteiger partial charge is 0.245 e. The van der Waals surface area contributed by atoms with Gasteiger partial charge in [0.2, 0.25) is 5.95 Å². The largest absolute Gasteiger partial charge is 0.395 e. The molecule has 0 fully saturated rings. The van der Waals surface area contributed by atoms with E-state index in [2.05, 4.69) is 67.7 Å². The highest BCUT2D eigenvalue weighted by Gasteiger charge is 2.11. The Morgan fingerprint density at radius 3 is 2.59 bits per heavy atom. The Balaban J connectivity index is 1.60. The fourth-order valence-corrected chi connectivity index (χ4v) is 3.79. The van der Waals surface area contributed by atoms with Crippen molar-refractivity contribution in [1.29, 1.82) is 0 Å². The third-order valence-electron chi connectivity index (χ3n) is 5.70. The van der Waals surface area contributed by atoms with Gasteiger partial charge in [-0.2, -0.15) is 10.1 Å². The molecule has 3 rings (SSSR count). The Bertz CT molecular complexity index is 1130. The van der Waals surface area contributed by atoms with Crippen LogP contribution in [0.15, 0.2) is 53.9 Å². The molecule has 198 valence electrons. The van der Waals surface area contributed by atoms with Crippen LogP contribution in [-0.2, 0) is 0 Å². The number of rotatable bonds is 15. The molecule has 2 heterocycles. The fraction of sp³-hybridized carbons (Fsp3) is 0.407. The minimum absolute atomic E-state index is 0.0816. The Morgan fingerprint density at radius 1 is 1.00 bits per heavy atom. The average Bonchev–Trinajstić information content (AvgIpc) is 2.90. The molecule has 0 aliphatic carbocycles. The molecule has 0 aliphatic rings. The monoisotopic (exact) mass is 508 g/mol. The van der Waals surface area contributed by atoms with Crippen LogP contribution in [0.4, 0.5) is 33.2 Å². The standard InChI is InChI=1S/C27H37FN8O/c1-4-6-7-14-36(13-5-2)24-10-8-9-21(17-24)32-23-12-11-22(29-18-23)19-31-34-27-30-20-25(28)26(33-27)35(3)15-16-37/h8-12,17-20,32,37H,4-7,13-16H2,1-3H3,(H,30,33,34)/b31-19+. The lowest BCUT2D eigenvalue weighted by Crippen LogP contribution is -2.25. The number of benzene rings is 1. The number of likely N-dealkylation sites (N-methyl/N-ethyl adjacent to an activating group) is 1. The van der Waals surface area contributed by atoms with E-state index in [1.807, 2.05) is 18.2 Å². The van der Waals surface area contributed by atoms with Crippen LogP contribution >= 0.6 is 0 Å². The van der Waals surface area contributed by atoms with Gasteiger partial charge < -0.3 is 20.2 Å². The molecule has 10 heteroatoms. The fourth-order valence-electron chi connectivity index (χ4n) is 3.79. The number of nitrogens with one attached hydrogen (secondary N) is 2. The van der Waals surface area contributed by atoms with E-state index in [1.54, 1.807) is 13.2 Å². The maximum absolute atomic E-state index is 14.0. The van der Waals surface area contributed by atoms with Crippen molar-refractivity contribution in [2.24, 2.45) is 5.10 Å². The molecule has 3 aromatic rings. The second kappa shape index (κ2) is 14.7. The van der Waals surface area contributed by atoms with Gasteiger partial charge in [-0.1, -0.05) is 32.8 Å². The topological polar surface area (TPSA) is 102 Å². The van der Waals surface area contributed by atoms with Gasteiger partial charge in [-0.25, -0.2) is 14.8 Å². The number of unbranched alkanes of at least 4 members (excludes halogenated alkanes) is 2. The number of nitrogens with zero attached hydrogens (tertiary/aromatic N) is 6. The lowest BCUT2D eigenvalue weighted by molar-refractivity contribution is 0.303. The minimum Gasteiger partial charge on any atom is -0.395 e. The van der Waals surface area contributed by atoms with Gasteiger partial charge in [0.25, 0.3) is 0 Å². The van der Waals surface area contributed by atoms with E-state index in [9.17, 15) is 4.39 Å². The summed E-state index contributed by atoms with van der Waals surface area (Å²) in [6, 6.07) is 12.2. The predicted octanol–water partition coefficient (Wildman–Crippen LogP) is 5.04. The summed E-state index contributed by atoms with van der Waals surface area (Å²) in [5.41, 5.74) is 6.42. The van der Waals surface area contributed by atoms with Gasteiger partial charge >= 0.3 is 0 Å². The van der Waals surface area contributed by atoms with Gasteiger partial charge in [0, 0.05) is 38.1 Å². The SMILES string of the molecule is CCCCCN(CCC)c1cccc(Nc2ccc(/C=N/Nc3ncc(F)c(N(C)CCO)n3)nc2)c1. The summed E-state index contributed by atoms with van der Waals surface area (Å²) >= 11 is 0. The van der Waals surface area contributed by atoms with Crippen molar-refractivity contribution in [2.45, 2.75) is 39.5 Å². The lowest BCUT2D eigenvalue weighted by Gasteiger charge is -2.25. The van der Waals surface area contributed by atoms with Gasteiger partial charge in [-0.3, -0.25) is 4.98 Å². The highest BCUT2D eigenvalue weighted by atomic mass is 19.1. The molecule has 0 amide bonds. The molecule has 0 radical (unpaired) electrons. The molecule has 3 N–H and O–H groups in total. The third kappa shape index (κ3) is 8.68. The zero-order valence-electron chi connectivity index (χ0n) is 21.9. The van der Waals surface area contributed by atoms with Gasteiger partial charge in [-0.05, 0) is 43.2 Å². The van der Waals surface area contributed by atoms with Crippen LogP contribution in [0.2, 0.25) is 0 Å². The van der Waals surface area contributed by atoms with Crippen molar-refractivity contribution in [1.82, 2.24) is 15.0 Å². The first-order valence-electron chi connectivity index (χ1n) is 12.8. The molecule has 0 bridgehead atoms. The Kier molecular flexibility index (Phi) is 11.0. The van der Waals surface area contributed by atoms with Crippen molar-refractivity contribution < 1.29 is 9.50 Å². The first-order valence-corrected chi connectivity index (χ1v) is 12.8. The summed E-state index contributed by atoms with van der Waals surface area (Å²) in [4.78, 5) is 16.4. The van der Waals surface area contributed by atoms with E-state index < -0.39 is 5.82 Å². The minimum atomic E-state index is -0.574. The molecule has 9 nitrogen and oxygen atoms in total. The number of hydrazone groups is 1. The van der Waals surface area contributed by atoms with E-state index >= 15 is 0 Å². The van der Waals surface area contributed by atoms with Crippen LogP contribution in [0.5, 0.6) is 0 Å². The number of pyridine rings is 1. The van der Waals surface area contributed by atoms with Crippen LogP contribution in [0.3, 0.4) is 0 Å². The maximum Gasteiger partial charge on any atom is 0.245 e. The quantitative estimate of drug-likeness (QED) is 0.149. The van der Waals surface area contributed by atoms with Crippen molar-refractivity contribution in [2.75, 3.05) is 53.8 Å². The third-order valence-corrected chi connectivity index (χ3v) is 5.70. The summed E-state index contributed by atoms with van der Waals surface area (Å²) < 4.78 is 14.0. The number of aliphatic hydroxyl groups is 1.